The molecule has 3 rings (SSSR count). The summed E-state index contributed by atoms with van der Waals surface area (Å²) in [7, 11) is 0. The normalized spacial score (nSPS) is 20.6. The topological polar surface area (TPSA) is 82.3 Å². The van der Waals surface area contributed by atoms with Gasteiger partial charge in [0, 0.05) is 21.8 Å². The van der Waals surface area contributed by atoms with Crippen LogP contribution in [0.3, 0.4) is 0 Å². The molecule has 24 heavy (non-hydrogen) atoms. The van der Waals surface area contributed by atoms with Crippen LogP contribution in [-0.2, 0) is 10.3 Å². The van der Waals surface area contributed by atoms with Crippen molar-refractivity contribution in [2.24, 2.45) is 0 Å². The van der Waals surface area contributed by atoms with Gasteiger partial charge in [0.2, 0.25) is 0 Å². The van der Waals surface area contributed by atoms with Crippen molar-refractivity contribution < 1.29 is 14.4 Å². The molecule has 1 unspecified atom stereocenters. The van der Waals surface area contributed by atoms with Crippen LogP contribution < -0.4 is 5.32 Å². The zero-order chi connectivity index (χ0) is 17.6. The van der Waals surface area contributed by atoms with Crippen molar-refractivity contribution in [3.63, 3.8) is 0 Å². The number of thiophene rings is 1. The van der Waals surface area contributed by atoms with Crippen LogP contribution in [0.2, 0.25) is 0 Å². The zero-order valence-electron chi connectivity index (χ0n) is 13.4. The Morgan fingerprint density at radius 1 is 1.33 bits per heavy atom. The van der Waals surface area contributed by atoms with Crippen molar-refractivity contribution in [3.05, 3.63) is 43.8 Å². The number of amides is 3. The van der Waals surface area contributed by atoms with Gasteiger partial charge in [0.25, 0.3) is 5.91 Å². The number of nitrogens with zero attached hydrogens (tertiary/aromatic N) is 1. The number of aromatic amines is 1. The quantitative estimate of drug-likeness (QED) is 0.600. The van der Waals surface area contributed by atoms with E-state index in [1.165, 1.54) is 11.3 Å². The predicted molar refractivity (Wildman–Crippen MR) is 94.2 cm³/mol. The van der Waals surface area contributed by atoms with Crippen LogP contribution in [0.4, 0.5) is 4.79 Å². The molecular formula is C16H16BrN3O3S. The molecule has 1 aliphatic rings. The molecule has 0 saturated carbocycles. The highest BCUT2D eigenvalue weighted by molar-refractivity contribution is 9.11. The number of Topliss-reactive ketones (excluding diaryl/α,β-unsaturated/α-hetero) is 1. The number of imide groups is 1. The summed E-state index contributed by atoms with van der Waals surface area (Å²) in [6, 6.07) is 4.79. The molecule has 126 valence electrons. The van der Waals surface area contributed by atoms with Gasteiger partial charge >= 0.3 is 6.03 Å². The Labute approximate surface area is 151 Å². The highest BCUT2D eigenvalue weighted by atomic mass is 79.9. The summed E-state index contributed by atoms with van der Waals surface area (Å²) in [5.74, 6) is -0.683. The summed E-state index contributed by atoms with van der Waals surface area (Å²) in [4.78, 5) is 42.3. The number of aryl methyl sites for hydroxylation is 2. The van der Waals surface area contributed by atoms with Gasteiger partial charge in [-0.25, -0.2) is 4.79 Å². The molecule has 0 aliphatic carbocycles. The maximum Gasteiger partial charge on any atom is 0.325 e. The molecule has 0 aromatic carbocycles. The van der Waals surface area contributed by atoms with Gasteiger partial charge in [-0.15, -0.1) is 11.3 Å². The second-order valence-electron chi connectivity index (χ2n) is 5.96. The van der Waals surface area contributed by atoms with Crippen molar-refractivity contribution >= 4 is 45.0 Å². The van der Waals surface area contributed by atoms with E-state index in [9.17, 15) is 14.4 Å². The average molecular weight is 410 g/mol. The molecule has 3 heterocycles. The van der Waals surface area contributed by atoms with Gasteiger partial charge in [0.05, 0.1) is 10.3 Å². The van der Waals surface area contributed by atoms with Crippen LogP contribution in [0.1, 0.15) is 33.5 Å². The van der Waals surface area contributed by atoms with Gasteiger partial charge in [-0.1, -0.05) is 0 Å². The molecule has 0 spiro atoms. The lowest BCUT2D eigenvalue weighted by atomic mass is 10.0. The van der Waals surface area contributed by atoms with Crippen LogP contribution in [0.15, 0.2) is 22.0 Å². The van der Waals surface area contributed by atoms with Gasteiger partial charge in [-0.05, 0) is 54.9 Å². The van der Waals surface area contributed by atoms with Crippen LogP contribution in [-0.4, -0.2) is 34.2 Å². The van der Waals surface area contributed by atoms with E-state index in [2.05, 4.69) is 26.2 Å². The average Bonchev–Trinajstić information content (AvgIpc) is 3.14. The van der Waals surface area contributed by atoms with Gasteiger partial charge in [0.15, 0.2) is 11.3 Å². The molecule has 0 radical (unpaired) electrons. The third-order valence-corrected chi connectivity index (χ3v) is 5.94. The SMILES string of the molecule is Cc1cc(C(=O)CN2C(=O)NC(C)(c3ccc(Br)s3)C2=O)c(C)[nH]1. The van der Waals surface area contributed by atoms with E-state index in [4.69, 9.17) is 0 Å². The Bertz CT molecular complexity index is 857. The molecule has 2 N–H and O–H groups in total. The van der Waals surface area contributed by atoms with Crippen molar-refractivity contribution in [3.8, 4) is 0 Å². The Balaban J connectivity index is 1.85. The highest BCUT2D eigenvalue weighted by Gasteiger charge is 2.50. The van der Waals surface area contributed by atoms with Crippen LogP contribution in [0, 0.1) is 13.8 Å². The number of rotatable bonds is 4. The Morgan fingerprint density at radius 2 is 2.04 bits per heavy atom. The predicted octanol–water partition coefficient (Wildman–Crippen LogP) is 3.11. The number of carbonyl (C=O) groups excluding carboxylic acids is 3. The second kappa shape index (κ2) is 5.86. The molecule has 1 saturated heterocycles. The Morgan fingerprint density at radius 3 is 2.58 bits per heavy atom. The van der Waals surface area contributed by atoms with Gasteiger partial charge < -0.3 is 10.3 Å². The molecular weight excluding hydrogens is 394 g/mol. The molecule has 2 aromatic heterocycles. The molecule has 3 amide bonds. The van der Waals surface area contributed by atoms with Crippen molar-refractivity contribution in [1.29, 1.82) is 0 Å². The van der Waals surface area contributed by atoms with E-state index in [0.717, 1.165) is 25.0 Å². The van der Waals surface area contributed by atoms with Gasteiger partial charge in [0.1, 0.15) is 0 Å². The lowest BCUT2D eigenvalue weighted by Gasteiger charge is -2.19. The summed E-state index contributed by atoms with van der Waals surface area (Å²) in [5.41, 5.74) is 0.952. The third-order valence-electron chi connectivity index (χ3n) is 4.09. The minimum Gasteiger partial charge on any atom is -0.362 e. The van der Waals surface area contributed by atoms with E-state index >= 15 is 0 Å². The van der Waals surface area contributed by atoms with E-state index in [-0.39, 0.29) is 12.3 Å². The number of hydrogen-bond donors (Lipinski definition) is 2. The summed E-state index contributed by atoms with van der Waals surface area (Å²) in [6.07, 6.45) is 0. The summed E-state index contributed by atoms with van der Waals surface area (Å²) < 4.78 is 0.869. The first-order valence-electron chi connectivity index (χ1n) is 7.31. The highest BCUT2D eigenvalue weighted by Crippen LogP contribution is 2.35. The van der Waals surface area contributed by atoms with E-state index in [1.807, 2.05) is 13.0 Å². The molecule has 8 heteroatoms. The van der Waals surface area contributed by atoms with Crippen molar-refractivity contribution in [2.75, 3.05) is 6.54 Å². The first-order chi connectivity index (χ1) is 11.2. The van der Waals surface area contributed by atoms with Crippen LogP contribution in [0.5, 0.6) is 0 Å². The molecule has 1 atom stereocenters. The third kappa shape index (κ3) is 2.69. The minimum atomic E-state index is -1.14. The largest absolute Gasteiger partial charge is 0.362 e. The van der Waals surface area contributed by atoms with Gasteiger partial charge in [-0.3, -0.25) is 14.5 Å². The summed E-state index contributed by atoms with van der Waals surface area (Å²) >= 11 is 4.74. The van der Waals surface area contributed by atoms with E-state index in [1.54, 1.807) is 26.0 Å². The first-order valence-corrected chi connectivity index (χ1v) is 8.92. The first kappa shape index (κ1) is 16.9. The maximum absolute atomic E-state index is 12.8. The monoisotopic (exact) mass is 409 g/mol. The van der Waals surface area contributed by atoms with Crippen LogP contribution >= 0.6 is 27.3 Å². The lowest BCUT2D eigenvalue weighted by Crippen LogP contribution is -2.40. The number of urea groups is 1. The smallest absolute Gasteiger partial charge is 0.325 e. The zero-order valence-corrected chi connectivity index (χ0v) is 15.8. The van der Waals surface area contributed by atoms with Gasteiger partial charge in [-0.2, -0.15) is 0 Å². The number of halogens is 1. The van der Waals surface area contributed by atoms with E-state index in [0.29, 0.717) is 5.56 Å². The Hall–Kier alpha value is -1.93. The molecule has 6 nitrogen and oxygen atoms in total. The summed E-state index contributed by atoms with van der Waals surface area (Å²) in [6.45, 7) is 5.02. The van der Waals surface area contributed by atoms with E-state index < -0.39 is 17.5 Å². The van der Waals surface area contributed by atoms with Crippen molar-refractivity contribution in [1.82, 2.24) is 15.2 Å². The summed E-state index contributed by atoms with van der Waals surface area (Å²) in [5, 5.41) is 2.70. The number of carbonyl (C=O) groups is 3. The Kier molecular flexibility index (Phi) is 4.13. The molecule has 0 bridgehead atoms. The fraction of sp³-hybridized carbons (Fsp3) is 0.312. The molecule has 2 aromatic rings. The second-order valence-corrected chi connectivity index (χ2v) is 8.43. The maximum atomic E-state index is 12.8. The minimum absolute atomic E-state index is 0.267. The fourth-order valence-corrected chi connectivity index (χ4v) is 4.31. The number of nitrogens with one attached hydrogen (secondary N) is 2. The number of H-pyrrole nitrogens is 1. The molecule has 1 aliphatic heterocycles. The lowest BCUT2D eigenvalue weighted by molar-refractivity contribution is -0.130. The number of hydrogen-bond acceptors (Lipinski definition) is 4. The standard InChI is InChI=1S/C16H16BrN3O3S/c1-8-6-10(9(2)18-8)11(21)7-20-14(22)16(3,19-15(20)23)12-4-5-13(17)24-12/h4-6,18H,7H2,1-3H3,(H,19,23). The molecule has 1 fully saturated rings. The number of ketones is 1. The number of aromatic nitrogens is 1. The van der Waals surface area contributed by atoms with Crippen molar-refractivity contribution in [2.45, 2.75) is 26.3 Å². The fourth-order valence-electron chi connectivity index (χ4n) is 2.83. The van der Waals surface area contributed by atoms with Crippen LogP contribution in [0.25, 0.3) is 0 Å².